The van der Waals surface area contributed by atoms with E-state index in [4.69, 9.17) is 28.1 Å². The number of piperidine rings is 6. The molecule has 0 atom stereocenters. The van der Waals surface area contributed by atoms with Crippen LogP contribution in [0.25, 0.3) is 0 Å². The van der Waals surface area contributed by atoms with Crippen LogP contribution in [0.4, 0.5) is 50.3 Å². The van der Waals surface area contributed by atoms with Gasteiger partial charge in [0.05, 0.1) is 47.3 Å². The molecule has 7 rings (SSSR count). The number of methoxy groups -OCH3 is 4. The van der Waals surface area contributed by atoms with Gasteiger partial charge in [0.2, 0.25) is 11.8 Å². The molecular formula is C66H121F6N13O13. The third-order valence-electron chi connectivity index (χ3n) is 18.3. The fraction of sp³-hybridized carbons (Fsp3) is 0.864. The Hall–Kier alpha value is -5.67. The van der Waals surface area contributed by atoms with Gasteiger partial charge in [0.25, 0.3) is 0 Å². The first-order valence-corrected chi connectivity index (χ1v) is 34.6. The first kappa shape index (κ1) is 88.4. The molecule has 6 fully saturated rings. The minimum Gasteiger partial charge on any atom is -0.453 e. The highest BCUT2D eigenvalue weighted by atomic mass is 19.4. The van der Waals surface area contributed by atoms with Gasteiger partial charge in [-0.3, -0.25) is 14.6 Å². The zero-order valence-electron chi connectivity index (χ0n) is 61.7. The van der Waals surface area contributed by atoms with Gasteiger partial charge in [0, 0.05) is 69.4 Å². The molecule has 98 heavy (non-hydrogen) atoms. The summed E-state index contributed by atoms with van der Waals surface area (Å²) in [6.45, 7) is 22.8. The molecule has 0 bridgehead atoms. The maximum Gasteiger partial charge on any atom is 0.410 e. The van der Waals surface area contributed by atoms with Gasteiger partial charge >= 0.3 is 42.8 Å². The lowest BCUT2D eigenvalue weighted by molar-refractivity contribution is -0.149. The van der Waals surface area contributed by atoms with Crippen molar-refractivity contribution in [2.24, 2.45) is 0 Å². The molecule has 0 saturated carbocycles. The summed E-state index contributed by atoms with van der Waals surface area (Å²) >= 11 is 0. The second-order valence-corrected chi connectivity index (χ2v) is 26.1. The maximum absolute atomic E-state index is 12.6. The minimum absolute atomic E-state index is 0.0453. The van der Waals surface area contributed by atoms with Crippen LogP contribution >= 0.6 is 0 Å². The summed E-state index contributed by atoms with van der Waals surface area (Å²) in [5.41, 5.74) is 0. The van der Waals surface area contributed by atoms with E-state index in [2.05, 4.69) is 57.5 Å². The number of carbonyl (C=O) groups excluding carboxylic acids is 6. The molecular weight excluding hydrogens is 1300 g/mol. The lowest BCUT2D eigenvalue weighted by Gasteiger charge is -2.38. The van der Waals surface area contributed by atoms with Crippen LogP contribution in [0.3, 0.4) is 0 Å². The highest BCUT2D eigenvalue weighted by molar-refractivity contribution is 5.73. The number of alkyl halides is 6. The van der Waals surface area contributed by atoms with Crippen molar-refractivity contribution in [2.45, 2.75) is 180 Å². The Bertz CT molecular complexity index is 2340. The average Bonchev–Trinajstić information content (AvgIpc) is 1.04. The van der Waals surface area contributed by atoms with E-state index in [1.165, 1.54) is 21.3 Å². The minimum atomic E-state index is -4.43. The van der Waals surface area contributed by atoms with Crippen molar-refractivity contribution in [1.29, 1.82) is 0 Å². The molecule has 1 aromatic heterocycles. The number of oxazole rings is 1. The van der Waals surface area contributed by atoms with Crippen LogP contribution in [0.2, 0.25) is 0 Å². The van der Waals surface area contributed by atoms with Gasteiger partial charge in [-0.25, -0.2) is 29.0 Å². The first-order chi connectivity index (χ1) is 46.3. The first-order valence-electron chi connectivity index (χ1n) is 34.6. The third-order valence-corrected chi connectivity index (χ3v) is 18.3. The summed E-state index contributed by atoms with van der Waals surface area (Å²) < 4.78 is 109. The number of hydrogen-bond donors (Lipinski definition) is 0. The van der Waals surface area contributed by atoms with Crippen molar-refractivity contribution in [2.75, 3.05) is 195 Å². The van der Waals surface area contributed by atoms with Crippen LogP contribution in [0, 0.1) is 0 Å². The molecule has 0 aliphatic carbocycles. The van der Waals surface area contributed by atoms with Crippen LogP contribution in [0.5, 0.6) is 0 Å². The Morgan fingerprint density at radius 2 is 0.776 bits per heavy atom. The zero-order valence-corrected chi connectivity index (χ0v) is 61.7. The van der Waals surface area contributed by atoms with Crippen molar-refractivity contribution in [3.63, 3.8) is 0 Å². The largest absolute Gasteiger partial charge is 0.453 e. The number of rotatable bonds is 17. The van der Waals surface area contributed by atoms with Crippen molar-refractivity contribution in [1.82, 2.24) is 63.8 Å². The molecule has 26 nitrogen and oxygen atoms in total. The van der Waals surface area contributed by atoms with Crippen molar-refractivity contribution >= 4 is 36.4 Å². The van der Waals surface area contributed by atoms with Gasteiger partial charge < -0.3 is 81.8 Å². The number of ether oxygens (including phenoxy) is 6. The fourth-order valence-corrected chi connectivity index (χ4v) is 12.5. The monoisotopic (exact) mass is 1420 g/mol. The van der Waals surface area contributed by atoms with Crippen molar-refractivity contribution < 1.29 is 87.9 Å². The Labute approximate surface area is 579 Å². The third kappa shape index (κ3) is 34.1. The highest BCUT2D eigenvalue weighted by Gasteiger charge is 2.40. The number of nitrogens with zero attached hydrogens (tertiary/aromatic N) is 13. The number of aromatic nitrogens is 1. The number of halogens is 6. The van der Waals surface area contributed by atoms with E-state index >= 15 is 0 Å². The van der Waals surface area contributed by atoms with Crippen molar-refractivity contribution in [3.05, 3.63) is 18.4 Å². The fourth-order valence-electron chi connectivity index (χ4n) is 12.5. The van der Waals surface area contributed by atoms with E-state index < -0.39 is 43.7 Å². The molecule has 0 aromatic carbocycles. The summed E-state index contributed by atoms with van der Waals surface area (Å²) in [6, 6.07) is 0.784. The summed E-state index contributed by atoms with van der Waals surface area (Å²) in [4.78, 5) is 95.9. The molecule has 6 saturated heterocycles. The van der Waals surface area contributed by atoms with E-state index in [-0.39, 0.29) is 49.5 Å². The summed E-state index contributed by atoms with van der Waals surface area (Å²) in [7, 11) is 17.7. The topological polar surface area (TPSA) is 223 Å². The summed E-state index contributed by atoms with van der Waals surface area (Å²) in [5.74, 6) is 0.705. The summed E-state index contributed by atoms with van der Waals surface area (Å²) in [6.07, 6.45) is 2.46. The Kier molecular flexibility index (Phi) is 42.1. The Morgan fingerprint density at radius 1 is 0.469 bits per heavy atom. The zero-order chi connectivity index (χ0) is 73.7. The highest BCUT2D eigenvalue weighted by Crippen LogP contribution is 2.27. The smallest absolute Gasteiger partial charge is 0.410 e. The molecule has 1 aromatic rings. The second-order valence-electron chi connectivity index (χ2n) is 26.1. The summed E-state index contributed by atoms with van der Waals surface area (Å²) in [5, 5.41) is 0. The number of carbonyl (C=O) groups is 6. The van der Waals surface area contributed by atoms with Gasteiger partial charge in [-0.1, -0.05) is 0 Å². The molecule has 32 heteroatoms. The average molecular weight is 1420 g/mol. The SMILES string of the molecule is CC(=O)N(Cc1ncco1)C1CCN(C)CC1.CCN(C(=O)OC)C1CCN(C)CC1.CCOC(=O)N(CC)C1CCN(C)CC1.COC(=O)N(C(C)C)C1CCN(C)CC1.COC(=O)N(CC(F)(F)F)C1CCN(C)CC1.COCCOC(=O)N(CC(F)(F)F)C1CCN(C)CC1. The van der Waals surface area contributed by atoms with Crippen molar-refractivity contribution in [3.8, 4) is 0 Å². The maximum atomic E-state index is 12.6. The second kappa shape index (κ2) is 46.7. The molecule has 570 valence electrons. The van der Waals surface area contributed by atoms with Gasteiger partial charge in [0.1, 0.15) is 26.0 Å². The van der Waals surface area contributed by atoms with E-state index in [1.54, 1.807) is 19.4 Å². The number of amides is 6. The molecule has 0 spiro atoms. The standard InChI is InChI=1S/C12H21F3N2O3.C12H19N3O2.2C11H22N2O2.C10H17F3N2O2.C10H20N2O2/c1-16-5-3-10(4-6-16)17(9-12(13,14)15)11(18)20-8-7-19-2;1-10(16)15(9-12-13-5-8-17-12)11-3-6-14(2)7-4-11;1-9(2)13(11(14)15-4)10-5-7-12(3)8-6-10;1-4-13(11(14)15-5-2)10-6-8-12(3)9-7-10;1-14-5-3-8(4-6-14)15(9(16)17-2)7-10(11,12)13;1-4-12(10(13)14-3)9-5-7-11(2)8-6-9/h10H,3-9H2,1-2H3;5,8,11H,3-4,6-7,9H2,1-2H3;9-10H,5-8H2,1-4H3;10H,4-9H2,1-3H3;8H,3-7H2,1-2H3;9H,4-8H2,1-3H3. The van der Waals surface area contributed by atoms with Gasteiger partial charge in [-0.2, -0.15) is 26.3 Å². The molecule has 0 radical (unpaired) electrons. The molecule has 0 N–H and O–H groups in total. The molecule has 6 aliphatic heterocycles. The predicted molar refractivity (Wildman–Crippen MR) is 361 cm³/mol. The van der Waals surface area contributed by atoms with Crippen LogP contribution in [0.1, 0.15) is 124 Å². The molecule has 6 amide bonds. The van der Waals surface area contributed by atoms with Crippen LogP contribution < -0.4 is 0 Å². The van der Waals surface area contributed by atoms with Crippen LogP contribution in [0.15, 0.2) is 16.9 Å². The predicted octanol–water partition coefficient (Wildman–Crippen LogP) is 8.84. The number of likely N-dealkylation sites (tertiary alicyclic amines) is 6. The van der Waals surface area contributed by atoms with Gasteiger partial charge in [-0.15, -0.1) is 0 Å². The van der Waals surface area contributed by atoms with Gasteiger partial charge in [-0.05, 0) is 232 Å². The Balaban J connectivity index is 0.000000401. The van der Waals surface area contributed by atoms with E-state index in [0.29, 0.717) is 95.1 Å². The van der Waals surface area contributed by atoms with Crippen LogP contribution in [-0.2, 0) is 39.8 Å². The van der Waals surface area contributed by atoms with Gasteiger partial charge in [0.15, 0.2) is 0 Å². The molecule has 6 aliphatic rings. The number of hydrogen-bond acceptors (Lipinski definition) is 20. The normalized spacial score (nSPS) is 18.8. The van der Waals surface area contributed by atoms with E-state index in [9.17, 15) is 55.1 Å². The molecule has 0 unspecified atom stereocenters. The molecule has 7 heterocycles. The van der Waals surface area contributed by atoms with Crippen LogP contribution in [-0.4, -0.2) is 350 Å². The lowest BCUT2D eigenvalue weighted by Crippen LogP contribution is -2.50. The lowest BCUT2D eigenvalue weighted by atomic mass is 10.0. The van der Waals surface area contributed by atoms with E-state index in [0.717, 1.165) is 134 Å². The van der Waals surface area contributed by atoms with E-state index in [1.807, 2.05) is 78.1 Å². The quantitative estimate of drug-likeness (QED) is 0.0807. The Morgan fingerprint density at radius 3 is 1.06 bits per heavy atom.